The number of aliphatic carboxylic acids is 1. The second-order valence-electron chi connectivity index (χ2n) is 5.29. The Bertz CT molecular complexity index is 312. The van der Waals surface area contributed by atoms with E-state index in [1.54, 1.807) is 4.90 Å². The van der Waals surface area contributed by atoms with Crippen LogP contribution in [0.3, 0.4) is 0 Å². The summed E-state index contributed by atoms with van der Waals surface area (Å²) in [7, 11) is 0. The molecule has 0 aliphatic carbocycles. The largest absolute Gasteiger partial charge is 0.481 e. The summed E-state index contributed by atoms with van der Waals surface area (Å²) in [4.78, 5) is 24.5. The number of likely N-dealkylation sites (tertiary alicyclic amines) is 1. The molecule has 2 fully saturated rings. The van der Waals surface area contributed by atoms with E-state index in [-0.39, 0.29) is 11.8 Å². The minimum Gasteiger partial charge on any atom is -0.481 e. The Labute approximate surface area is 107 Å². The van der Waals surface area contributed by atoms with Crippen LogP contribution >= 0.6 is 0 Å². The van der Waals surface area contributed by atoms with Gasteiger partial charge in [-0.25, -0.2) is 0 Å². The zero-order valence-electron chi connectivity index (χ0n) is 10.6. The first-order valence-electron chi connectivity index (χ1n) is 6.75. The summed E-state index contributed by atoms with van der Waals surface area (Å²) in [6.45, 7) is 2.59. The summed E-state index contributed by atoms with van der Waals surface area (Å²) in [5, 5.41) is 8.89. The second kappa shape index (κ2) is 6.18. The summed E-state index contributed by atoms with van der Waals surface area (Å²) >= 11 is 0. The first-order valence-corrected chi connectivity index (χ1v) is 6.75. The van der Waals surface area contributed by atoms with E-state index in [1.807, 2.05) is 0 Å². The van der Waals surface area contributed by atoms with Gasteiger partial charge in [-0.15, -0.1) is 0 Å². The summed E-state index contributed by atoms with van der Waals surface area (Å²) in [6.07, 6.45) is 4.22. The summed E-state index contributed by atoms with van der Waals surface area (Å²) < 4.78 is 5.39. The van der Waals surface area contributed by atoms with Gasteiger partial charge >= 0.3 is 5.97 Å². The monoisotopic (exact) mass is 255 g/mol. The van der Waals surface area contributed by atoms with Crippen molar-refractivity contribution in [2.45, 2.75) is 32.1 Å². The van der Waals surface area contributed by atoms with Crippen LogP contribution in [0.4, 0.5) is 0 Å². The van der Waals surface area contributed by atoms with Gasteiger partial charge in [-0.05, 0) is 31.6 Å². The predicted octanol–water partition coefficient (Wildman–Crippen LogP) is 1.13. The SMILES string of the molecule is O=C(O)[C@@H]1CCN(C(=O)CC[C@@H]2CCCOC2)C1. The van der Waals surface area contributed by atoms with Crippen LogP contribution in [0.2, 0.25) is 0 Å². The minimum atomic E-state index is -0.786. The van der Waals surface area contributed by atoms with Gasteiger partial charge in [0.05, 0.1) is 5.92 Å². The number of hydrogen-bond donors (Lipinski definition) is 1. The highest BCUT2D eigenvalue weighted by Gasteiger charge is 2.30. The van der Waals surface area contributed by atoms with Crippen molar-refractivity contribution in [1.29, 1.82) is 0 Å². The van der Waals surface area contributed by atoms with Crippen LogP contribution in [-0.2, 0) is 14.3 Å². The number of carbonyl (C=O) groups excluding carboxylic acids is 1. The molecule has 0 radical (unpaired) electrons. The van der Waals surface area contributed by atoms with E-state index in [0.717, 1.165) is 32.5 Å². The number of ether oxygens (including phenoxy) is 1. The topological polar surface area (TPSA) is 66.8 Å². The number of rotatable bonds is 4. The Kier molecular flexibility index (Phi) is 4.58. The third-order valence-corrected chi connectivity index (χ3v) is 3.91. The molecule has 2 saturated heterocycles. The average molecular weight is 255 g/mol. The molecule has 2 atom stereocenters. The van der Waals surface area contributed by atoms with E-state index in [1.165, 1.54) is 0 Å². The zero-order chi connectivity index (χ0) is 13.0. The van der Waals surface area contributed by atoms with Gasteiger partial charge in [0.2, 0.25) is 5.91 Å². The molecule has 2 aliphatic rings. The highest BCUT2D eigenvalue weighted by atomic mass is 16.5. The van der Waals surface area contributed by atoms with Crippen molar-refractivity contribution >= 4 is 11.9 Å². The van der Waals surface area contributed by atoms with E-state index in [0.29, 0.717) is 31.8 Å². The molecule has 0 spiro atoms. The van der Waals surface area contributed by atoms with Crippen molar-refractivity contribution in [2.75, 3.05) is 26.3 Å². The van der Waals surface area contributed by atoms with Crippen LogP contribution < -0.4 is 0 Å². The first kappa shape index (κ1) is 13.3. The van der Waals surface area contributed by atoms with Gasteiger partial charge in [0.25, 0.3) is 0 Å². The van der Waals surface area contributed by atoms with Gasteiger partial charge in [0, 0.05) is 32.7 Å². The molecule has 0 aromatic heterocycles. The quantitative estimate of drug-likeness (QED) is 0.817. The molecule has 0 aromatic rings. The van der Waals surface area contributed by atoms with Gasteiger partial charge in [0.15, 0.2) is 0 Å². The summed E-state index contributed by atoms with van der Waals surface area (Å²) in [5.41, 5.74) is 0. The van der Waals surface area contributed by atoms with Crippen molar-refractivity contribution < 1.29 is 19.4 Å². The maximum Gasteiger partial charge on any atom is 0.308 e. The first-order chi connectivity index (χ1) is 8.66. The molecule has 0 bridgehead atoms. The highest BCUT2D eigenvalue weighted by molar-refractivity contribution is 5.78. The van der Waals surface area contributed by atoms with Crippen LogP contribution in [0.1, 0.15) is 32.1 Å². The predicted molar refractivity (Wildman–Crippen MR) is 65.1 cm³/mol. The minimum absolute atomic E-state index is 0.101. The maximum atomic E-state index is 11.9. The smallest absolute Gasteiger partial charge is 0.308 e. The Hall–Kier alpha value is -1.10. The Balaban J connectivity index is 1.70. The van der Waals surface area contributed by atoms with Gasteiger partial charge in [0.1, 0.15) is 0 Å². The highest BCUT2D eigenvalue weighted by Crippen LogP contribution is 2.21. The van der Waals surface area contributed by atoms with Crippen LogP contribution in [0.5, 0.6) is 0 Å². The fourth-order valence-electron chi connectivity index (χ4n) is 2.71. The lowest BCUT2D eigenvalue weighted by molar-refractivity contribution is -0.141. The number of hydrogen-bond acceptors (Lipinski definition) is 3. The Morgan fingerprint density at radius 2 is 2.17 bits per heavy atom. The molecule has 102 valence electrons. The molecule has 5 heteroatoms. The fourth-order valence-corrected chi connectivity index (χ4v) is 2.71. The molecular formula is C13H21NO4. The summed E-state index contributed by atoms with van der Waals surface area (Å²) in [5.74, 6) is -0.553. The van der Waals surface area contributed by atoms with Gasteiger partial charge in [-0.3, -0.25) is 9.59 Å². The third kappa shape index (κ3) is 3.45. The molecule has 5 nitrogen and oxygen atoms in total. The fraction of sp³-hybridized carbons (Fsp3) is 0.846. The normalized spacial score (nSPS) is 28.3. The summed E-state index contributed by atoms with van der Waals surface area (Å²) in [6, 6.07) is 0. The molecule has 18 heavy (non-hydrogen) atoms. The molecule has 0 saturated carbocycles. The van der Waals surface area contributed by atoms with Crippen molar-refractivity contribution in [3.05, 3.63) is 0 Å². The van der Waals surface area contributed by atoms with E-state index >= 15 is 0 Å². The number of nitrogens with zero attached hydrogens (tertiary/aromatic N) is 1. The molecule has 2 aliphatic heterocycles. The molecule has 2 heterocycles. The van der Waals surface area contributed by atoms with E-state index in [9.17, 15) is 9.59 Å². The number of carboxylic acids is 1. The van der Waals surface area contributed by atoms with Gasteiger partial charge in [-0.2, -0.15) is 0 Å². The van der Waals surface area contributed by atoms with Gasteiger partial charge < -0.3 is 14.7 Å². The molecule has 0 unspecified atom stereocenters. The lowest BCUT2D eigenvalue weighted by atomic mass is 9.96. The van der Waals surface area contributed by atoms with Crippen molar-refractivity contribution in [3.63, 3.8) is 0 Å². The standard InChI is InChI=1S/C13H21NO4/c15-12(4-3-10-2-1-7-18-9-10)14-6-5-11(8-14)13(16)17/h10-11H,1-9H2,(H,16,17)/t10-,11+/m0/s1. The number of amides is 1. The van der Waals surface area contributed by atoms with Crippen molar-refractivity contribution in [1.82, 2.24) is 4.90 Å². The third-order valence-electron chi connectivity index (χ3n) is 3.91. The van der Waals surface area contributed by atoms with Crippen molar-refractivity contribution in [3.8, 4) is 0 Å². The molecular weight excluding hydrogens is 234 g/mol. The van der Waals surface area contributed by atoms with Crippen LogP contribution in [0.15, 0.2) is 0 Å². The molecule has 0 aromatic carbocycles. The lowest BCUT2D eigenvalue weighted by Crippen LogP contribution is -2.30. The average Bonchev–Trinajstić information content (AvgIpc) is 2.87. The van der Waals surface area contributed by atoms with E-state index in [4.69, 9.17) is 9.84 Å². The zero-order valence-corrected chi connectivity index (χ0v) is 10.6. The Morgan fingerprint density at radius 1 is 1.33 bits per heavy atom. The van der Waals surface area contributed by atoms with Crippen LogP contribution in [0, 0.1) is 11.8 Å². The van der Waals surface area contributed by atoms with E-state index < -0.39 is 5.97 Å². The van der Waals surface area contributed by atoms with Crippen LogP contribution in [0.25, 0.3) is 0 Å². The maximum absolute atomic E-state index is 11.9. The van der Waals surface area contributed by atoms with Crippen LogP contribution in [-0.4, -0.2) is 48.2 Å². The Morgan fingerprint density at radius 3 is 2.78 bits per heavy atom. The lowest BCUT2D eigenvalue weighted by Gasteiger charge is -2.23. The number of carboxylic acid groups (broad SMARTS) is 1. The number of carbonyl (C=O) groups is 2. The van der Waals surface area contributed by atoms with Crippen molar-refractivity contribution in [2.24, 2.45) is 11.8 Å². The van der Waals surface area contributed by atoms with Gasteiger partial charge in [-0.1, -0.05) is 0 Å². The second-order valence-corrected chi connectivity index (χ2v) is 5.29. The van der Waals surface area contributed by atoms with E-state index in [2.05, 4.69) is 0 Å². The molecule has 1 amide bonds. The molecule has 1 N–H and O–H groups in total. The molecule has 2 rings (SSSR count).